The standard InChI is InChI=1S/C29H36N4O5/c1-18-8-13-23(19(2)16-18)33(26(35)15-14-25(34)30-24-17-20(3)38-32-24)27(28(36)31-29(4,5)6)21-9-11-22(37-7)12-10-21/h8-13,16-17,27H,14-15H2,1-7H3,(H,31,36)(H,30,32,34)/t27-/m1/s1. The highest BCUT2D eigenvalue weighted by molar-refractivity contribution is 6.03. The van der Waals surface area contributed by atoms with Crippen molar-refractivity contribution in [1.82, 2.24) is 10.5 Å². The van der Waals surface area contributed by atoms with E-state index in [0.29, 0.717) is 22.8 Å². The predicted octanol–water partition coefficient (Wildman–Crippen LogP) is 5.02. The van der Waals surface area contributed by atoms with Crippen molar-refractivity contribution in [3.63, 3.8) is 0 Å². The topological polar surface area (TPSA) is 114 Å². The van der Waals surface area contributed by atoms with E-state index in [0.717, 1.165) is 11.1 Å². The van der Waals surface area contributed by atoms with E-state index in [2.05, 4.69) is 15.8 Å². The first-order valence-corrected chi connectivity index (χ1v) is 12.5. The highest BCUT2D eigenvalue weighted by atomic mass is 16.5. The van der Waals surface area contributed by atoms with Crippen molar-refractivity contribution in [2.45, 2.75) is 66.0 Å². The van der Waals surface area contributed by atoms with Crippen molar-refractivity contribution in [1.29, 1.82) is 0 Å². The molecule has 3 aromatic rings. The summed E-state index contributed by atoms with van der Waals surface area (Å²) in [6.07, 6.45) is -0.214. The van der Waals surface area contributed by atoms with E-state index >= 15 is 0 Å². The van der Waals surface area contributed by atoms with Gasteiger partial charge in [-0.05, 0) is 70.9 Å². The fraction of sp³-hybridized carbons (Fsp3) is 0.379. The second kappa shape index (κ2) is 11.9. The molecule has 3 amide bonds. The number of benzene rings is 2. The van der Waals surface area contributed by atoms with Crippen molar-refractivity contribution >= 4 is 29.2 Å². The number of aryl methyl sites for hydroxylation is 3. The van der Waals surface area contributed by atoms with Crippen molar-refractivity contribution in [2.24, 2.45) is 0 Å². The molecular formula is C29H36N4O5. The van der Waals surface area contributed by atoms with Crippen LogP contribution in [0, 0.1) is 20.8 Å². The minimum absolute atomic E-state index is 0.0949. The van der Waals surface area contributed by atoms with Crippen molar-refractivity contribution in [3.05, 3.63) is 71.0 Å². The zero-order valence-corrected chi connectivity index (χ0v) is 23.0. The number of carbonyl (C=O) groups excluding carboxylic acids is 3. The summed E-state index contributed by atoms with van der Waals surface area (Å²) in [4.78, 5) is 41.7. The normalized spacial score (nSPS) is 12.0. The molecule has 1 atom stereocenters. The third-order valence-corrected chi connectivity index (χ3v) is 5.78. The van der Waals surface area contributed by atoms with Gasteiger partial charge >= 0.3 is 0 Å². The number of carbonyl (C=O) groups is 3. The summed E-state index contributed by atoms with van der Waals surface area (Å²) in [5.74, 6) is 0.392. The summed E-state index contributed by atoms with van der Waals surface area (Å²) in [6.45, 7) is 11.2. The van der Waals surface area contributed by atoms with Crippen LogP contribution in [0.2, 0.25) is 0 Å². The number of nitrogens with zero attached hydrogens (tertiary/aromatic N) is 2. The molecule has 9 nitrogen and oxygen atoms in total. The molecule has 0 unspecified atom stereocenters. The Morgan fingerprint density at radius 3 is 2.24 bits per heavy atom. The molecule has 9 heteroatoms. The number of aromatic nitrogens is 1. The fourth-order valence-corrected chi connectivity index (χ4v) is 4.11. The van der Waals surface area contributed by atoms with Crippen LogP contribution in [0.15, 0.2) is 53.1 Å². The first kappa shape index (κ1) is 28.4. The van der Waals surface area contributed by atoms with Gasteiger partial charge in [-0.15, -0.1) is 0 Å². The quantitative estimate of drug-likeness (QED) is 0.410. The molecular weight excluding hydrogens is 484 g/mol. The summed E-state index contributed by atoms with van der Waals surface area (Å²) in [5, 5.41) is 9.41. The lowest BCUT2D eigenvalue weighted by Crippen LogP contribution is -2.49. The van der Waals surface area contributed by atoms with Crippen LogP contribution in [-0.2, 0) is 14.4 Å². The Balaban J connectivity index is 2.00. The van der Waals surface area contributed by atoms with E-state index in [-0.39, 0.29) is 36.4 Å². The van der Waals surface area contributed by atoms with E-state index in [1.807, 2.05) is 52.8 Å². The molecule has 3 rings (SSSR count). The molecule has 38 heavy (non-hydrogen) atoms. The summed E-state index contributed by atoms with van der Waals surface area (Å²) in [7, 11) is 1.57. The number of anilines is 2. The first-order chi connectivity index (χ1) is 17.9. The van der Waals surface area contributed by atoms with Gasteiger partial charge in [-0.2, -0.15) is 0 Å². The van der Waals surface area contributed by atoms with Gasteiger partial charge in [-0.25, -0.2) is 0 Å². The Morgan fingerprint density at radius 2 is 1.68 bits per heavy atom. The average Bonchev–Trinajstić information content (AvgIpc) is 3.24. The third-order valence-electron chi connectivity index (χ3n) is 5.78. The van der Waals surface area contributed by atoms with Gasteiger partial charge in [0.05, 0.1) is 7.11 Å². The van der Waals surface area contributed by atoms with Crippen LogP contribution in [0.5, 0.6) is 5.75 Å². The van der Waals surface area contributed by atoms with E-state index in [4.69, 9.17) is 9.26 Å². The molecule has 1 heterocycles. The van der Waals surface area contributed by atoms with Crippen molar-refractivity contribution in [2.75, 3.05) is 17.3 Å². The van der Waals surface area contributed by atoms with Gasteiger partial charge in [0.15, 0.2) is 5.82 Å². The van der Waals surface area contributed by atoms with Gasteiger partial charge in [-0.1, -0.05) is 35.0 Å². The molecule has 2 aromatic carbocycles. The van der Waals surface area contributed by atoms with Crippen molar-refractivity contribution in [3.8, 4) is 5.75 Å². The van der Waals surface area contributed by atoms with Crippen LogP contribution in [0.1, 0.15) is 62.1 Å². The number of ether oxygens (including phenoxy) is 1. The molecule has 202 valence electrons. The lowest BCUT2D eigenvalue weighted by Gasteiger charge is -2.34. The van der Waals surface area contributed by atoms with Crippen LogP contribution >= 0.6 is 0 Å². The Bertz CT molecular complexity index is 1290. The SMILES string of the molecule is COc1ccc([C@H](C(=O)NC(C)(C)C)N(C(=O)CCC(=O)Nc2cc(C)on2)c2ccc(C)cc2C)cc1. The Kier molecular flexibility index (Phi) is 8.93. The van der Waals surface area contributed by atoms with Crippen LogP contribution < -0.4 is 20.3 Å². The second-order valence-corrected chi connectivity index (χ2v) is 10.3. The molecule has 0 spiro atoms. The van der Waals surface area contributed by atoms with E-state index in [9.17, 15) is 14.4 Å². The van der Waals surface area contributed by atoms with Crippen LogP contribution in [0.3, 0.4) is 0 Å². The lowest BCUT2D eigenvalue weighted by atomic mass is 9.98. The summed E-state index contributed by atoms with van der Waals surface area (Å²) in [5.41, 5.74) is 2.54. The van der Waals surface area contributed by atoms with Crippen LogP contribution in [0.4, 0.5) is 11.5 Å². The Labute approximate surface area is 223 Å². The number of hydrogen-bond donors (Lipinski definition) is 2. The minimum atomic E-state index is -0.977. The fourth-order valence-electron chi connectivity index (χ4n) is 4.11. The van der Waals surface area contributed by atoms with Gasteiger partial charge < -0.3 is 19.9 Å². The molecule has 0 saturated carbocycles. The Hall–Kier alpha value is -4.14. The van der Waals surface area contributed by atoms with Crippen LogP contribution in [-0.4, -0.2) is 35.5 Å². The smallest absolute Gasteiger partial charge is 0.248 e. The summed E-state index contributed by atoms with van der Waals surface area (Å²) < 4.78 is 10.3. The minimum Gasteiger partial charge on any atom is -0.497 e. The average molecular weight is 521 g/mol. The molecule has 2 N–H and O–H groups in total. The van der Waals surface area contributed by atoms with Gasteiger partial charge in [0.25, 0.3) is 0 Å². The molecule has 0 fully saturated rings. The second-order valence-electron chi connectivity index (χ2n) is 10.3. The molecule has 0 aliphatic heterocycles. The predicted molar refractivity (Wildman–Crippen MR) is 146 cm³/mol. The van der Waals surface area contributed by atoms with E-state index in [1.54, 1.807) is 44.4 Å². The van der Waals surface area contributed by atoms with Gasteiger partial charge in [0.1, 0.15) is 17.6 Å². The maximum absolute atomic E-state index is 13.9. The maximum Gasteiger partial charge on any atom is 0.248 e. The Morgan fingerprint density at radius 1 is 1.00 bits per heavy atom. The molecule has 0 radical (unpaired) electrons. The zero-order valence-electron chi connectivity index (χ0n) is 23.0. The lowest BCUT2D eigenvalue weighted by molar-refractivity contribution is -0.128. The molecule has 1 aromatic heterocycles. The molecule has 0 aliphatic rings. The number of hydrogen-bond acceptors (Lipinski definition) is 6. The number of rotatable bonds is 9. The van der Waals surface area contributed by atoms with Crippen molar-refractivity contribution < 1.29 is 23.6 Å². The van der Waals surface area contributed by atoms with E-state index in [1.165, 1.54) is 4.90 Å². The largest absolute Gasteiger partial charge is 0.497 e. The summed E-state index contributed by atoms with van der Waals surface area (Å²) in [6, 6.07) is 13.4. The zero-order chi connectivity index (χ0) is 28.0. The summed E-state index contributed by atoms with van der Waals surface area (Å²) >= 11 is 0. The van der Waals surface area contributed by atoms with Gasteiger partial charge in [0.2, 0.25) is 17.7 Å². The monoisotopic (exact) mass is 520 g/mol. The highest BCUT2D eigenvalue weighted by Crippen LogP contribution is 2.33. The van der Waals surface area contributed by atoms with Crippen LogP contribution in [0.25, 0.3) is 0 Å². The highest BCUT2D eigenvalue weighted by Gasteiger charge is 2.35. The maximum atomic E-state index is 13.9. The molecule has 0 aliphatic carbocycles. The number of nitrogens with one attached hydrogen (secondary N) is 2. The van der Waals surface area contributed by atoms with E-state index < -0.39 is 11.6 Å². The number of methoxy groups -OCH3 is 1. The molecule has 0 bridgehead atoms. The first-order valence-electron chi connectivity index (χ1n) is 12.5. The third kappa shape index (κ3) is 7.44. The molecule has 0 saturated heterocycles. The van der Waals surface area contributed by atoms with Gasteiger partial charge in [0, 0.05) is 30.1 Å². The van der Waals surface area contributed by atoms with Gasteiger partial charge in [-0.3, -0.25) is 19.3 Å². The number of amides is 3.